The van der Waals surface area contributed by atoms with Gasteiger partial charge in [0, 0.05) is 29.8 Å². The Morgan fingerprint density at radius 1 is 1.33 bits per heavy atom. The molecule has 0 aliphatic heterocycles. The van der Waals surface area contributed by atoms with Crippen LogP contribution in [0, 0.1) is 0 Å². The van der Waals surface area contributed by atoms with E-state index in [2.05, 4.69) is 20.9 Å². The summed E-state index contributed by atoms with van der Waals surface area (Å²) in [5.74, 6) is 0.0943. The van der Waals surface area contributed by atoms with Crippen LogP contribution in [0.4, 0.5) is 0 Å². The molecule has 4 nitrogen and oxygen atoms in total. The predicted molar refractivity (Wildman–Crippen MR) is 71.4 cm³/mol. The quantitative estimate of drug-likeness (QED) is 0.924. The summed E-state index contributed by atoms with van der Waals surface area (Å²) in [7, 11) is 0. The van der Waals surface area contributed by atoms with Crippen molar-refractivity contribution in [3.8, 4) is 0 Å². The topological polar surface area (TPSA) is 55.1 Å². The third-order valence-corrected chi connectivity index (χ3v) is 3.17. The van der Waals surface area contributed by atoms with E-state index in [1.165, 1.54) is 0 Å². The van der Waals surface area contributed by atoms with Gasteiger partial charge in [0.1, 0.15) is 5.82 Å². The number of carboxylic acids is 1. The third kappa shape index (κ3) is 3.43. The highest BCUT2D eigenvalue weighted by molar-refractivity contribution is 9.10. The van der Waals surface area contributed by atoms with E-state index in [-0.39, 0.29) is 6.42 Å². The van der Waals surface area contributed by atoms with Crippen molar-refractivity contribution >= 4 is 21.9 Å². The van der Waals surface area contributed by atoms with Crippen molar-refractivity contribution < 1.29 is 9.90 Å². The predicted octanol–water partition coefficient (Wildman–Crippen LogP) is 2.71. The van der Waals surface area contributed by atoms with Crippen LogP contribution in [0.25, 0.3) is 0 Å². The molecule has 0 radical (unpaired) electrons. The molecular weight excluding hydrogens is 296 g/mol. The van der Waals surface area contributed by atoms with E-state index >= 15 is 0 Å². The van der Waals surface area contributed by atoms with Crippen molar-refractivity contribution in [1.29, 1.82) is 0 Å². The fourth-order valence-corrected chi connectivity index (χ4v) is 1.98. The van der Waals surface area contributed by atoms with Crippen molar-refractivity contribution in [3.63, 3.8) is 0 Å². The molecule has 0 atom stereocenters. The maximum absolute atomic E-state index is 10.6. The standard InChI is InChI=1S/C13H13BrN2O2/c14-11-3-1-10(2-4-11)9-12-15-6-8-16(12)7-5-13(17)18/h1-4,6,8H,5,7,9H2,(H,17,18). The van der Waals surface area contributed by atoms with Crippen molar-refractivity contribution in [1.82, 2.24) is 9.55 Å². The minimum absolute atomic E-state index is 0.115. The highest BCUT2D eigenvalue weighted by atomic mass is 79.9. The molecule has 0 unspecified atom stereocenters. The molecule has 0 amide bonds. The summed E-state index contributed by atoms with van der Waals surface area (Å²) >= 11 is 3.39. The molecule has 2 rings (SSSR count). The zero-order valence-electron chi connectivity index (χ0n) is 9.71. The molecule has 1 aromatic carbocycles. The number of aromatic nitrogens is 2. The van der Waals surface area contributed by atoms with E-state index in [4.69, 9.17) is 5.11 Å². The third-order valence-electron chi connectivity index (χ3n) is 2.64. The Balaban J connectivity index is 2.07. The molecule has 0 fully saturated rings. The first-order chi connectivity index (χ1) is 8.65. The first kappa shape index (κ1) is 12.8. The van der Waals surface area contributed by atoms with Gasteiger partial charge in [-0.25, -0.2) is 4.98 Å². The SMILES string of the molecule is O=C(O)CCn1ccnc1Cc1ccc(Br)cc1. The maximum atomic E-state index is 10.6. The van der Waals surface area contributed by atoms with Crippen LogP contribution in [0.15, 0.2) is 41.1 Å². The lowest BCUT2D eigenvalue weighted by Crippen LogP contribution is -2.07. The van der Waals surface area contributed by atoms with Gasteiger partial charge in [0.05, 0.1) is 6.42 Å². The summed E-state index contributed by atoms with van der Waals surface area (Å²) in [6.07, 6.45) is 4.34. The van der Waals surface area contributed by atoms with E-state index in [1.54, 1.807) is 6.20 Å². The first-order valence-electron chi connectivity index (χ1n) is 5.61. The van der Waals surface area contributed by atoms with Gasteiger partial charge < -0.3 is 9.67 Å². The Morgan fingerprint density at radius 3 is 2.72 bits per heavy atom. The number of rotatable bonds is 5. The van der Waals surface area contributed by atoms with Crippen LogP contribution in [0.1, 0.15) is 17.8 Å². The van der Waals surface area contributed by atoms with Crippen LogP contribution in [-0.4, -0.2) is 20.6 Å². The molecule has 1 aromatic heterocycles. The normalized spacial score (nSPS) is 10.5. The highest BCUT2D eigenvalue weighted by Gasteiger charge is 2.05. The van der Waals surface area contributed by atoms with E-state index in [0.29, 0.717) is 13.0 Å². The number of carbonyl (C=O) groups is 1. The van der Waals surface area contributed by atoms with Crippen LogP contribution in [-0.2, 0) is 17.8 Å². The van der Waals surface area contributed by atoms with Gasteiger partial charge in [-0.15, -0.1) is 0 Å². The number of carboxylic acid groups (broad SMARTS) is 1. The van der Waals surface area contributed by atoms with Gasteiger partial charge in [0.15, 0.2) is 0 Å². The molecule has 2 aromatic rings. The zero-order chi connectivity index (χ0) is 13.0. The monoisotopic (exact) mass is 308 g/mol. The molecule has 1 N–H and O–H groups in total. The van der Waals surface area contributed by atoms with Crippen molar-refractivity contribution in [3.05, 3.63) is 52.5 Å². The summed E-state index contributed by atoms with van der Waals surface area (Å²) in [6, 6.07) is 8.03. The average molecular weight is 309 g/mol. The van der Waals surface area contributed by atoms with E-state index < -0.39 is 5.97 Å². The Bertz CT molecular complexity index is 534. The number of aliphatic carboxylic acids is 1. The van der Waals surface area contributed by atoms with Crippen molar-refractivity contribution in [2.24, 2.45) is 0 Å². The maximum Gasteiger partial charge on any atom is 0.305 e. The summed E-state index contributed by atoms with van der Waals surface area (Å²) in [5, 5.41) is 8.68. The van der Waals surface area contributed by atoms with Gasteiger partial charge in [-0.3, -0.25) is 4.79 Å². The molecule has 0 aliphatic rings. The highest BCUT2D eigenvalue weighted by Crippen LogP contribution is 2.13. The summed E-state index contributed by atoms with van der Waals surface area (Å²) < 4.78 is 2.93. The molecule has 0 saturated heterocycles. The molecule has 0 aliphatic carbocycles. The Hall–Kier alpha value is -1.62. The molecule has 0 saturated carbocycles. The lowest BCUT2D eigenvalue weighted by atomic mass is 10.1. The second-order valence-corrected chi connectivity index (χ2v) is 4.90. The number of benzene rings is 1. The Kier molecular flexibility index (Phi) is 4.15. The molecule has 0 spiro atoms. The van der Waals surface area contributed by atoms with Gasteiger partial charge in [0.25, 0.3) is 0 Å². The van der Waals surface area contributed by atoms with Gasteiger partial charge >= 0.3 is 5.97 Å². The largest absolute Gasteiger partial charge is 0.481 e. The van der Waals surface area contributed by atoms with E-state index in [0.717, 1.165) is 15.9 Å². The fourth-order valence-electron chi connectivity index (χ4n) is 1.71. The number of aryl methyl sites for hydroxylation is 1. The molecule has 94 valence electrons. The van der Waals surface area contributed by atoms with Gasteiger partial charge in [-0.05, 0) is 17.7 Å². The second-order valence-electron chi connectivity index (χ2n) is 3.98. The van der Waals surface area contributed by atoms with Crippen LogP contribution in [0.3, 0.4) is 0 Å². The number of nitrogens with zero attached hydrogens (tertiary/aromatic N) is 2. The Morgan fingerprint density at radius 2 is 2.06 bits per heavy atom. The van der Waals surface area contributed by atoms with Crippen LogP contribution >= 0.6 is 15.9 Å². The second kappa shape index (κ2) is 5.82. The van der Waals surface area contributed by atoms with Gasteiger partial charge in [-0.2, -0.15) is 0 Å². The molecule has 5 heteroatoms. The van der Waals surface area contributed by atoms with Gasteiger partial charge in [0.2, 0.25) is 0 Å². The summed E-state index contributed by atoms with van der Waals surface area (Å²) in [6.45, 7) is 0.460. The molecular formula is C13H13BrN2O2. The summed E-state index contributed by atoms with van der Waals surface area (Å²) in [4.78, 5) is 14.8. The number of hydrogen-bond acceptors (Lipinski definition) is 2. The van der Waals surface area contributed by atoms with Crippen LogP contribution in [0.2, 0.25) is 0 Å². The molecule has 1 heterocycles. The van der Waals surface area contributed by atoms with E-state index in [9.17, 15) is 4.79 Å². The molecule has 18 heavy (non-hydrogen) atoms. The number of halogens is 1. The fraction of sp³-hybridized carbons (Fsp3) is 0.231. The smallest absolute Gasteiger partial charge is 0.305 e. The lowest BCUT2D eigenvalue weighted by molar-refractivity contribution is -0.137. The minimum atomic E-state index is -0.793. The van der Waals surface area contributed by atoms with E-state index in [1.807, 2.05) is 35.0 Å². The van der Waals surface area contributed by atoms with Crippen LogP contribution in [0.5, 0.6) is 0 Å². The van der Waals surface area contributed by atoms with Crippen LogP contribution < -0.4 is 0 Å². The zero-order valence-corrected chi connectivity index (χ0v) is 11.3. The first-order valence-corrected chi connectivity index (χ1v) is 6.40. The molecule has 0 bridgehead atoms. The van der Waals surface area contributed by atoms with Gasteiger partial charge in [-0.1, -0.05) is 28.1 Å². The summed E-state index contributed by atoms with van der Waals surface area (Å²) in [5.41, 5.74) is 1.15. The Labute approximate surface area is 113 Å². The minimum Gasteiger partial charge on any atom is -0.481 e. The van der Waals surface area contributed by atoms with Crippen molar-refractivity contribution in [2.75, 3.05) is 0 Å². The average Bonchev–Trinajstić information content (AvgIpc) is 2.77. The van der Waals surface area contributed by atoms with Crippen molar-refractivity contribution in [2.45, 2.75) is 19.4 Å². The number of hydrogen-bond donors (Lipinski definition) is 1. The lowest BCUT2D eigenvalue weighted by Gasteiger charge is -2.06. The number of imidazole rings is 1.